The number of halogens is 1. The van der Waals surface area contributed by atoms with Crippen LogP contribution >= 0.6 is 11.6 Å². The molecule has 0 bridgehead atoms. The summed E-state index contributed by atoms with van der Waals surface area (Å²) >= 11 is 5.41. The highest BCUT2D eigenvalue weighted by Gasteiger charge is 2.26. The molecule has 1 rings (SSSR count). The van der Waals surface area contributed by atoms with E-state index in [2.05, 4.69) is 12.2 Å². The average Bonchev–Trinajstić information content (AvgIpc) is 2.51. The highest BCUT2D eigenvalue weighted by Crippen LogP contribution is 2.27. The Balaban J connectivity index is 2.35. The monoisotopic (exact) mass is 189 g/mol. The Morgan fingerprint density at radius 3 is 2.92 bits per heavy atom. The molecule has 2 atom stereocenters. The van der Waals surface area contributed by atoms with Crippen molar-refractivity contribution in [2.45, 2.75) is 38.6 Å². The third kappa shape index (κ3) is 2.37. The highest BCUT2D eigenvalue weighted by atomic mass is 35.5. The van der Waals surface area contributed by atoms with Crippen molar-refractivity contribution in [3.63, 3.8) is 0 Å². The fourth-order valence-electron chi connectivity index (χ4n) is 1.96. The van der Waals surface area contributed by atoms with Crippen LogP contribution in [0, 0.1) is 5.92 Å². The molecule has 0 aromatic heterocycles. The summed E-state index contributed by atoms with van der Waals surface area (Å²) < 4.78 is 0. The molecule has 3 heteroatoms. The van der Waals surface area contributed by atoms with E-state index in [4.69, 9.17) is 11.6 Å². The smallest absolute Gasteiger partial charge is 0.235 e. The molecule has 0 saturated heterocycles. The molecular weight excluding hydrogens is 174 g/mol. The maximum Gasteiger partial charge on any atom is 0.235 e. The van der Waals surface area contributed by atoms with Crippen molar-refractivity contribution in [1.82, 2.24) is 5.32 Å². The highest BCUT2D eigenvalue weighted by molar-refractivity contribution is 6.27. The molecule has 0 aromatic rings. The Kier molecular flexibility index (Phi) is 3.86. The molecule has 2 unspecified atom stereocenters. The number of carbonyl (C=O) groups excluding carboxylic acids is 1. The van der Waals surface area contributed by atoms with Gasteiger partial charge in [0.05, 0.1) is 0 Å². The minimum atomic E-state index is -0.0259. The third-order valence-electron chi connectivity index (χ3n) is 2.65. The number of nitrogens with one attached hydrogen (secondary N) is 1. The predicted molar refractivity (Wildman–Crippen MR) is 50.3 cm³/mol. The first kappa shape index (κ1) is 9.85. The summed E-state index contributed by atoms with van der Waals surface area (Å²) in [5, 5.41) is 2.96. The van der Waals surface area contributed by atoms with Crippen LogP contribution in [0.25, 0.3) is 0 Å². The van der Waals surface area contributed by atoms with Gasteiger partial charge < -0.3 is 5.32 Å². The molecule has 0 heterocycles. The van der Waals surface area contributed by atoms with E-state index >= 15 is 0 Å². The Labute approximate surface area is 78.7 Å². The van der Waals surface area contributed by atoms with Crippen molar-refractivity contribution in [3.05, 3.63) is 0 Å². The van der Waals surface area contributed by atoms with Gasteiger partial charge in [-0.15, -0.1) is 11.6 Å². The molecule has 1 aliphatic carbocycles. The summed E-state index contributed by atoms with van der Waals surface area (Å²) in [5.74, 6) is 0.742. The van der Waals surface area contributed by atoms with E-state index in [0.29, 0.717) is 12.0 Å². The second-order valence-corrected chi connectivity index (χ2v) is 3.67. The molecule has 0 spiro atoms. The zero-order valence-electron chi connectivity index (χ0n) is 7.48. The van der Waals surface area contributed by atoms with E-state index in [0.717, 1.165) is 12.8 Å². The van der Waals surface area contributed by atoms with Crippen LogP contribution in [0.1, 0.15) is 32.6 Å². The van der Waals surface area contributed by atoms with Crippen LogP contribution in [-0.2, 0) is 4.79 Å². The minimum Gasteiger partial charge on any atom is -0.352 e. The fraction of sp³-hybridized carbons (Fsp3) is 0.889. The van der Waals surface area contributed by atoms with Crippen LogP contribution in [-0.4, -0.2) is 17.8 Å². The summed E-state index contributed by atoms with van der Waals surface area (Å²) in [6.45, 7) is 2.18. The lowest BCUT2D eigenvalue weighted by molar-refractivity contribution is -0.119. The van der Waals surface area contributed by atoms with Crippen LogP contribution in [0.5, 0.6) is 0 Å². The van der Waals surface area contributed by atoms with Crippen molar-refractivity contribution in [3.8, 4) is 0 Å². The first-order valence-electron chi connectivity index (χ1n) is 4.63. The normalized spacial score (nSPS) is 28.8. The van der Waals surface area contributed by atoms with Gasteiger partial charge in [-0.1, -0.05) is 19.8 Å². The van der Waals surface area contributed by atoms with Crippen molar-refractivity contribution < 1.29 is 4.79 Å². The second kappa shape index (κ2) is 4.70. The van der Waals surface area contributed by atoms with Gasteiger partial charge in [-0.3, -0.25) is 4.79 Å². The summed E-state index contributed by atoms with van der Waals surface area (Å²) in [7, 11) is 0. The summed E-state index contributed by atoms with van der Waals surface area (Å²) in [6.07, 6.45) is 4.78. The third-order valence-corrected chi connectivity index (χ3v) is 2.89. The minimum absolute atomic E-state index is 0.0259. The fourth-order valence-corrected chi connectivity index (χ4v) is 2.04. The summed E-state index contributed by atoms with van der Waals surface area (Å²) in [6, 6.07) is 0.390. The Morgan fingerprint density at radius 2 is 2.33 bits per heavy atom. The van der Waals surface area contributed by atoms with E-state index in [9.17, 15) is 4.79 Å². The lowest BCUT2D eigenvalue weighted by Crippen LogP contribution is -2.37. The standard InChI is InChI=1S/C9H16ClNO/c1-2-7-4-3-5-8(7)11-9(12)6-10/h7-8H,2-6H2,1H3,(H,11,12). The average molecular weight is 190 g/mol. The summed E-state index contributed by atoms with van der Waals surface area (Å²) in [4.78, 5) is 11.0. The molecule has 1 aliphatic rings. The van der Waals surface area contributed by atoms with Gasteiger partial charge in [-0.25, -0.2) is 0 Å². The SMILES string of the molecule is CCC1CCCC1NC(=O)CCl. The zero-order chi connectivity index (χ0) is 8.97. The van der Waals surface area contributed by atoms with Crippen LogP contribution < -0.4 is 5.32 Å². The number of carbonyl (C=O) groups is 1. The largest absolute Gasteiger partial charge is 0.352 e. The van der Waals surface area contributed by atoms with Gasteiger partial charge in [0.25, 0.3) is 0 Å². The number of rotatable bonds is 3. The van der Waals surface area contributed by atoms with E-state index in [1.807, 2.05) is 0 Å². The predicted octanol–water partition coefficient (Wildman–Crippen LogP) is 1.92. The Hall–Kier alpha value is -0.240. The van der Waals surface area contributed by atoms with Gasteiger partial charge in [0.2, 0.25) is 5.91 Å². The van der Waals surface area contributed by atoms with E-state index < -0.39 is 0 Å². The maximum absolute atomic E-state index is 11.0. The molecule has 1 saturated carbocycles. The van der Waals surface area contributed by atoms with Gasteiger partial charge in [0.1, 0.15) is 5.88 Å². The van der Waals surface area contributed by atoms with Gasteiger partial charge in [0, 0.05) is 6.04 Å². The Morgan fingerprint density at radius 1 is 1.58 bits per heavy atom. The van der Waals surface area contributed by atoms with Crippen molar-refractivity contribution in [1.29, 1.82) is 0 Å². The van der Waals surface area contributed by atoms with Crippen molar-refractivity contribution in [2.24, 2.45) is 5.92 Å². The quantitative estimate of drug-likeness (QED) is 0.676. The number of hydrogen-bond donors (Lipinski definition) is 1. The van der Waals surface area contributed by atoms with Gasteiger partial charge in [-0.2, -0.15) is 0 Å². The molecule has 1 N–H and O–H groups in total. The van der Waals surface area contributed by atoms with Gasteiger partial charge >= 0.3 is 0 Å². The molecule has 12 heavy (non-hydrogen) atoms. The lowest BCUT2D eigenvalue weighted by Gasteiger charge is -2.18. The lowest BCUT2D eigenvalue weighted by atomic mass is 10.0. The van der Waals surface area contributed by atoms with Gasteiger partial charge in [0.15, 0.2) is 0 Å². The molecule has 0 aliphatic heterocycles. The number of hydrogen-bond acceptors (Lipinski definition) is 1. The Bertz CT molecular complexity index is 161. The van der Waals surface area contributed by atoms with Crippen LogP contribution in [0.2, 0.25) is 0 Å². The molecule has 0 radical (unpaired) electrons. The van der Waals surface area contributed by atoms with Crippen LogP contribution in [0.3, 0.4) is 0 Å². The molecule has 2 nitrogen and oxygen atoms in total. The van der Waals surface area contributed by atoms with E-state index in [-0.39, 0.29) is 11.8 Å². The van der Waals surface area contributed by atoms with E-state index in [1.54, 1.807) is 0 Å². The molecule has 70 valence electrons. The summed E-state index contributed by atoms with van der Waals surface area (Å²) in [5.41, 5.74) is 0. The van der Waals surface area contributed by atoms with Gasteiger partial charge in [-0.05, 0) is 18.8 Å². The molecule has 0 aromatic carbocycles. The van der Waals surface area contributed by atoms with Crippen LogP contribution in [0.15, 0.2) is 0 Å². The van der Waals surface area contributed by atoms with E-state index in [1.165, 1.54) is 12.8 Å². The zero-order valence-corrected chi connectivity index (χ0v) is 8.23. The van der Waals surface area contributed by atoms with Crippen molar-refractivity contribution >= 4 is 17.5 Å². The first-order chi connectivity index (χ1) is 5.77. The first-order valence-corrected chi connectivity index (χ1v) is 5.16. The van der Waals surface area contributed by atoms with Crippen LogP contribution in [0.4, 0.5) is 0 Å². The number of alkyl halides is 1. The van der Waals surface area contributed by atoms with Crippen molar-refractivity contribution in [2.75, 3.05) is 5.88 Å². The number of amides is 1. The molecular formula is C9H16ClNO. The second-order valence-electron chi connectivity index (χ2n) is 3.41. The topological polar surface area (TPSA) is 29.1 Å². The molecule has 1 amide bonds. The molecule has 1 fully saturated rings. The maximum atomic E-state index is 11.0.